The molecule has 1 N–H and O–H groups in total. The number of hydrogen-bond acceptors (Lipinski definition) is 6. The Hall–Kier alpha value is -3.30. The van der Waals surface area contributed by atoms with E-state index >= 15 is 0 Å². The van der Waals surface area contributed by atoms with Crippen LogP contribution in [0, 0.1) is 5.41 Å². The molecule has 4 heterocycles. The number of benzene rings is 3. The molecule has 3 aliphatic rings. The summed E-state index contributed by atoms with van der Waals surface area (Å²) in [5.74, 6) is 0. The van der Waals surface area contributed by atoms with Gasteiger partial charge in [0.15, 0.2) is 0 Å². The first-order valence-corrected chi connectivity index (χ1v) is 14.4. The highest BCUT2D eigenvalue weighted by atomic mass is 32.2. The summed E-state index contributed by atoms with van der Waals surface area (Å²) < 4.78 is 28.4. The van der Waals surface area contributed by atoms with Gasteiger partial charge in [0.1, 0.15) is 6.10 Å². The van der Waals surface area contributed by atoms with Crippen LogP contribution in [0.25, 0.3) is 10.8 Å². The van der Waals surface area contributed by atoms with Crippen LogP contribution in [0.15, 0.2) is 83.9 Å². The van der Waals surface area contributed by atoms with Gasteiger partial charge in [-0.05, 0) is 64.8 Å². The third-order valence-corrected chi connectivity index (χ3v) is 10.0. The molecule has 1 spiro atoms. The van der Waals surface area contributed by atoms with Gasteiger partial charge in [-0.15, -0.1) is 0 Å². The summed E-state index contributed by atoms with van der Waals surface area (Å²) in [6, 6.07) is 22.9. The van der Waals surface area contributed by atoms with Crippen molar-refractivity contribution in [2.45, 2.75) is 24.1 Å². The largest absolute Gasteiger partial charge is 0.382 e. The van der Waals surface area contributed by atoms with Crippen LogP contribution in [0.5, 0.6) is 0 Å². The third kappa shape index (κ3) is 3.91. The molecule has 0 saturated carbocycles. The first-order valence-electron chi connectivity index (χ1n) is 13.0. The number of fused-ring (bicyclic) bond motifs is 2. The van der Waals surface area contributed by atoms with Gasteiger partial charge in [0, 0.05) is 56.6 Å². The van der Waals surface area contributed by atoms with Crippen LogP contribution < -0.4 is 4.90 Å². The summed E-state index contributed by atoms with van der Waals surface area (Å²) in [7, 11) is -1.51. The summed E-state index contributed by atoms with van der Waals surface area (Å²) in [6.45, 7) is 4.94. The van der Waals surface area contributed by atoms with Gasteiger partial charge in [-0.1, -0.05) is 42.5 Å². The normalized spacial score (nSPS) is 19.8. The maximum absolute atomic E-state index is 13.5. The fraction of sp³-hybridized carbons (Fsp3) is 0.300. The molecule has 7 nitrogen and oxygen atoms in total. The molecule has 0 bridgehead atoms. The van der Waals surface area contributed by atoms with Gasteiger partial charge in [0.25, 0.3) is 0 Å². The van der Waals surface area contributed by atoms with Crippen molar-refractivity contribution >= 4 is 26.5 Å². The van der Waals surface area contributed by atoms with Gasteiger partial charge < -0.3 is 14.9 Å². The van der Waals surface area contributed by atoms with Crippen molar-refractivity contribution in [3.05, 3.63) is 101 Å². The molecule has 8 heteroatoms. The Bertz CT molecular complexity index is 1660. The van der Waals surface area contributed by atoms with E-state index in [1.54, 1.807) is 18.3 Å². The van der Waals surface area contributed by atoms with Crippen LogP contribution in [0.2, 0.25) is 0 Å². The van der Waals surface area contributed by atoms with Gasteiger partial charge in [-0.3, -0.25) is 4.98 Å². The summed E-state index contributed by atoms with van der Waals surface area (Å²) in [4.78, 5) is 9.54. The second-order valence-corrected chi connectivity index (χ2v) is 13.1. The third-order valence-electron chi connectivity index (χ3n) is 8.25. The quantitative estimate of drug-likeness (QED) is 0.427. The van der Waals surface area contributed by atoms with Crippen molar-refractivity contribution in [3.8, 4) is 0 Å². The highest BCUT2D eigenvalue weighted by molar-refractivity contribution is 7.89. The van der Waals surface area contributed by atoms with Crippen LogP contribution in [-0.4, -0.2) is 60.9 Å². The Balaban J connectivity index is 1.09. The first kappa shape index (κ1) is 23.8. The first-order chi connectivity index (χ1) is 18.3. The highest BCUT2D eigenvalue weighted by Gasteiger charge is 2.50. The monoisotopic (exact) mass is 526 g/mol. The van der Waals surface area contributed by atoms with Crippen molar-refractivity contribution in [2.24, 2.45) is 5.41 Å². The van der Waals surface area contributed by atoms with Crippen LogP contribution in [0.4, 0.5) is 5.69 Å². The molecule has 4 aromatic rings. The molecule has 3 aromatic carbocycles. The van der Waals surface area contributed by atoms with Gasteiger partial charge >= 0.3 is 0 Å². The number of likely N-dealkylation sites (tertiary alicyclic amines) is 1. The number of rotatable bonds is 5. The van der Waals surface area contributed by atoms with E-state index in [0.717, 1.165) is 59.3 Å². The molecule has 1 aromatic heterocycles. The predicted octanol–water partition coefficient (Wildman–Crippen LogP) is 3.77. The standard InChI is InChI=1S/C30H30N4O3S/c1-32-17-30(18-32)19-33(20-30)26-8-4-7-23(11-26)29(35)28-13-24-15-34(16-25(24)14-31-28)38(36,37)27-10-9-21-5-2-3-6-22(21)12-27/h2-14,29,35H,15-20H2,1H3. The fourth-order valence-electron chi connectivity index (χ4n) is 6.37. The lowest BCUT2D eigenvalue weighted by Gasteiger charge is -2.60. The van der Waals surface area contributed by atoms with E-state index < -0.39 is 16.1 Å². The van der Waals surface area contributed by atoms with E-state index in [9.17, 15) is 13.5 Å². The molecule has 1 atom stereocenters. The van der Waals surface area contributed by atoms with E-state index in [4.69, 9.17) is 0 Å². The maximum atomic E-state index is 13.5. The Morgan fingerprint density at radius 3 is 2.42 bits per heavy atom. The van der Waals surface area contributed by atoms with Crippen molar-refractivity contribution in [2.75, 3.05) is 38.1 Å². The number of hydrogen-bond donors (Lipinski definition) is 1. The van der Waals surface area contributed by atoms with Crippen molar-refractivity contribution in [3.63, 3.8) is 0 Å². The maximum Gasteiger partial charge on any atom is 0.243 e. The zero-order chi connectivity index (χ0) is 26.1. The van der Waals surface area contributed by atoms with E-state index in [1.807, 2.05) is 54.6 Å². The number of nitrogens with zero attached hydrogens (tertiary/aromatic N) is 4. The number of anilines is 1. The van der Waals surface area contributed by atoms with Gasteiger partial charge in [-0.25, -0.2) is 8.42 Å². The lowest BCUT2D eigenvalue weighted by molar-refractivity contribution is -0.00240. The topological polar surface area (TPSA) is 77.0 Å². The summed E-state index contributed by atoms with van der Waals surface area (Å²) >= 11 is 0. The predicted molar refractivity (Wildman–Crippen MR) is 147 cm³/mol. The van der Waals surface area contributed by atoms with Crippen LogP contribution in [-0.2, 0) is 23.1 Å². The molecular weight excluding hydrogens is 496 g/mol. The smallest absolute Gasteiger partial charge is 0.243 e. The zero-order valence-corrected chi connectivity index (χ0v) is 22.1. The number of aliphatic hydroxyl groups is 1. The minimum Gasteiger partial charge on any atom is -0.382 e. The van der Waals surface area contributed by atoms with Gasteiger partial charge in [0.2, 0.25) is 10.0 Å². The SMILES string of the molecule is CN1CC2(C1)CN(c1cccc(C(O)c3cc4c(cn3)CN(S(=O)(=O)c3ccc5ccccc5c3)C4)c1)C2. The van der Waals surface area contributed by atoms with Crippen molar-refractivity contribution < 1.29 is 13.5 Å². The molecule has 194 valence electrons. The molecule has 1 unspecified atom stereocenters. The van der Waals surface area contributed by atoms with Crippen molar-refractivity contribution in [1.29, 1.82) is 0 Å². The second-order valence-electron chi connectivity index (χ2n) is 11.2. The highest BCUT2D eigenvalue weighted by Crippen LogP contribution is 2.41. The van der Waals surface area contributed by atoms with Gasteiger partial charge in [0.05, 0.1) is 10.6 Å². The fourth-order valence-corrected chi connectivity index (χ4v) is 7.81. The second kappa shape index (κ2) is 8.61. The Kier molecular flexibility index (Phi) is 5.39. The zero-order valence-electron chi connectivity index (χ0n) is 21.3. The molecule has 3 aliphatic heterocycles. The molecule has 0 radical (unpaired) electrons. The van der Waals surface area contributed by atoms with E-state index in [-0.39, 0.29) is 18.0 Å². The van der Waals surface area contributed by atoms with E-state index in [0.29, 0.717) is 11.1 Å². The summed E-state index contributed by atoms with van der Waals surface area (Å²) in [6.07, 6.45) is 0.830. The average molecular weight is 527 g/mol. The lowest BCUT2D eigenvalue weighted by atomic mass is 9.73. The molecule has 0 aliphatic carbocycles. The molecular formula is C30H30N4O3S. The number of aliphatic hydroxyl groups excluding tert-OH is 1. The molecule has 7 rings (SSSR count). The Labute approximate surface area is 223 Å². The Morgan fingerprint density at radius 1 is 0.868 bits per heavy atom. The van der Waals surface area contributed by atoms with Crippen LogP contribution in [0.1, 0.15) is 28.5 Å². The molecule has 2 saturated heterocycles. The van der Waals surface area contributed by atoms with Crippen LogP contribution in [0.3, 0.4) is 0 Å². The van der Waals surface area contributed by atoms with E-state index in [2.05, 4.69) is 27.9 Å². The number of aromatic nitrogens is 1. The number of sulfonamides is 1. The summed E-state index contributed by atoms with van der Waals surface area (Å²) in [5.41, 5.74) is 4.63. The lowest BCUT2D eigenvalue weighted by Crippen LogP contribution is -2.71. The molecule has 38 heavy (non-hydrogen) atoms. The summed E-state index contributed by atoms with van der Waals surface area (Å²) in [5, 5.41) is 13.1. The van der Waals surface area contributed by atoms with E-state index in [1.165, 1.54) is 4.31 Å². The minimum absolute atomic E-state index is 0.261. The average Bonchev–Trinajstić information content (AvgIpc) is 3.34. The van der Waals surface area contributed by atoms with Crippen LogP contribution >= 0.6 is 0 Å². The number of pyridine rings is 1. The minimum atomic E-state index is -3.67. The molecule has 0 amide bonds. The van der Waals surface area contributed by atoms with Gasteiger partial charge in [-0.2, -0.15) is 4.31 Å². The molecule has 2 fully saturated rings. The Morgan fingerprint density at radius 2 is 1.63 bits per heavy atom. The van der Waals surface area contributed by atoms with Crippen molar-refractivity contribution in [1.82, 2.24) is 14.2 Å².